The molecule has 0 unspecified atom stereocenters. The summed E-state index contributed by atoms with van der Waals surface area (Å²) in [6.07, 6.45) is 4.59. The van der Waals surface area contributed by atoms with E-state index in [4.69, 9.17) is 0 Å². The first-order valence-corrected chi connectivity index (χ1v) is 11.7. The quantitative estimate of drug-likeness (QED) is 0.422. The Morgan fingerprint density at radius 2 is 1.75 bits per heavy atom. The maximum Gasteiger partial charge on any atom is 0.278 e. The first kappa shape index (κ1) is 21.5. The molecule has 0 radical (unpaired) electrons. The highest BCUT2D eigenvalue weighted by Gasteiger charge is 2.18. The number of hydrogen-bond acceptors (Lipinski definition) is 9. The average molecular weight is 468 g/mol. The van der Waals surface area contributed by atoms with Gasteiger partial charge in [-0.3, -0.25) is 14.5 Å². The number of thiazole rings is 1. The summed E-state index contributed by atoms with van der Waals surface area (Å²) >= 11 is 1.19. The van der Waals surface area contributed by atoms with Crippen molar-refractivity contribution in [3.05, 3.63) is 77.3 Å². The molecule has 4 aromatic rings. The van der Waals surface area contributed by atoms with Gasteiger partial charge in [-0.15, -0.1) is 16.5 Å². The first-order chi connectivity index (χ1) is 15.3. The zero-order valence-corrected chi connectivity index (χ0v) is 18.6. The molecule has 4 rings (SSSR count). The van der Waals surface area contributed by atoms with E-state index < -0.39 is 10.0 Å². The van der Waals surface area contributed by atoms with Crippen molar-refractivity contribution >= 4 is 43.8 Å². The molecule has 0 spiro atoms. The number of rotatable bonds is 6. The van der Waals surface area contributed by atoms with Gasteiger partial charge in [0.05, 0.1) is 22.0 Å². The van der Waals surface area contributed by atoms with Crippen LogP contribution in [0.3, 0.4) is 0 Å². The number of benzene rings is 1. The van der Waals surface area contributed by atoms with Gasteiger partial charge in [0.1, 0.15) is 5.69 Å². The largest absolute Gasteiger partial charge is 0.278 e. The number of aryl methyl sites for hydroxylation is 1. The predicted molar refractivity (Wildman–Crippen MR) is 119 cm³/mol. The highest BCUT2D eigenvalue weighted by molar-refractivity contribution is 7.93. The zero-order chi connectivity index (χ0) is 22.7. The summed E-state index contributed by atoms with van der Waals surface area (Å²) in [4.78, 5) is 20.6. The van der Waals surface area contributed by atoms with Crippen molar-refractivity contribution in [3.63, 3.8) is 0 Å². The third kappa shape index (κ3) is 4.45. The first-order valence-electron chi connectivity index (χ1n) is 9.30. The summed E-state index contributed by atoms with van der Waals surface area (Å²) in [5.41, 5.74) is 2.46. The Balaban J connectivity index is 1.54. The molecule has 0 aliphatic rings. The van der Waals surface area contributed by atoms with Crippen LogP contribution in [0.4, 0.5) is 16.5 Å². The minimum Gasteiger partial charge on any atom is -0.267 e. The van der Waals surface area contributed by atoms with E-state index in [2.05, 4.69) is 30.0 Å². The van der Waals surface area contributed by atoms with Crippen LogP contribution >= 0.6 is 11.3 Å². The van der Waals surface area contributed by atoms with Crippen molar-refractivity contribution in [3.8, 4) is 0 Å². The molecule has 162 valence electrons. The number of pyridine rings is 1. The molecule has 10 nitrogen and oxygen atoms in total. The molecule has 1 aromatic carbocycles. The van der Waals surface area contributed by atoms with Crippen molar-refractivity contribution < 1.29 is 13.2 Å². The van der Waals surface area contributed by atoms with E-state index >= 15 is 0 Å². The highest BCUT2D eigenvalue weighted by Crippen LogP contribution is 2.27. The average Bonchev–Trinajstić information content (AvgIpc) is 3.40. The molecule has 0 aliphatic carbocycles. The summed E-state index contributed by atoms with van der Waals surface area (Å²) < 4.78 is 28.5. The van der Waals surface area contributed by atoms with Crippen LogP contribution in [0.25, 0.3) is 0 Å². The van der Waals surface area contributed by atoms with Gasteiger partial charge in [0.15, 0.2) is 5.13 Å². The van der Waals surface area contributed by atoms with Gasteiger partial charge >= 0.3 is 0 Å². The number of sulfonamides is 1. The lowest BCUT2D eigenvalue weighted by molar-refractivity contribution is 0.0942. The van der Waals surface area contributed by atoms with E-state index in [9.17, 15) is 13.2 Å². The maximum absolute atomic E-state index is 12.7. The Morgan fingerprint density at radius 3 is 2.41 bits per heavy atom. The van der Waals surface area contributed by atoms with E-state index in [0.717, 1.165) is 0 Å². The Morgan fingerprint density at radius 1 is 1.03 bits per heavy atom. The van der Waals surface area contributed by atoms with Gasteiger partial charge < -0.3 is 0 Å². The summed E-state index contributed by atoms with van der Waals surface area (Å²) in [6, 6.07) is 9.16. The topological polar surface area (TPSA) is 132 Å². The van der Waals surface area contributed by atoms with Crippen LogP contribution in [-0.4, -0.2) is 34.1 Å². The summed E-state index contributed by atoms with van der Waals surface area (Å²) in [5, 5.41) is 14.6. The lowest BCUT2D eigenvalue weighted by Crippen LogP contribution is -2.15. The molecule has 3 aromatic heterocycles. The van der Waals surface area contributed by atoms with Crippen molar-refractivity contribution in [1.82, 2.24) is 19.7 Å². The second-order valence-electron chi connectivity index (χ2n) is 6.61. The third-order valence-corrected chi connectivity index (χ3v) is 6.61. The van der Waals surface area contributed by atoms with Gasteiger partial charge in [0.25, 0.3) is 15.9 Å². The number of hydrogen-bond donors (Lipinski definition) is 1. The molecule has 0 aliphatic heterocycles. The van der Waals surface area contributed by atoms with Crippen molar-refractivity contribution in [1.29, 1.82) is 0 Å². The fourth-order valence-corrected chi connectivity index (χ4v) is 4.63. The summed E-state index contributed by atoms with van der Waals surface area (Å²) in [6.45, 7) is 3.46. The number of carbonyl (C=O) groups is 1. The normalized spacial score (nSPS) is 11.7. The SMILES string of the molecule is Cc1nn(C(=O)c2ccncc2)c(C)c1N=Nc1ccc(S(=O)(=O)Nc2nccs2)cc1. The standard InChI is InChI=1S/C20H17N7O3S2/c1-13-18(14(2)27(25-13)19(28)15-7-9-21-10-8-15)24-23-16-3-5-17(6-4-16)32(29,30)26-20-22-11-12-31-20/h3-12H,1-2H3,(H,22,26). The van der Waals surface area contributed by atoms with E-state index in [1.807, 2.05) is 0 Å². The molecular weight excluding hydrogens is 450 g/mol. The Hall–Kier alpha value is -3.77. The molecule has 0 saturated heterocycles. The van der Waals surface area contributed by atoms with Gasteiger partial charge in [0.2, 0.25) is 0 Å². The molecule has 0 bridgehead atoms. The minimum atomic E-state index is -3.74. The Labute approximate surface area is 187 Å². The second kappa shape index (κ2) is 8.77. The van der Waals surface area contributed by atoms with Crippen LogP contribution < -0.4 is 4.72 Å². The number of nitrogens with zero attached hydrogens (tertiary/aromatic N) is 6. The summed E-state index contributed by atoms with van der Waals surface area (Å²) in [5.74, 6) is -0.295. The predicted octanol–water partition coefficient (Wildman–Crippen LogP) is 4.26. The van der Waals surface area contributed by atoms with Gasteiger partial charge in [0, 0.05) is 29.5 Å². The van der Waals surface area contributed by atoms with Gasteiger partial charge in [-0.05, 0) is 50.2 Å². The Kier molecular flexibility index (Phi) is 5.88. The summed E-state index contributed by atoms with van der Waals surface area (Å²) in [7, 11) is -3.74. The number of anilines is 1. The van der Waals surface area contributed by atoms with E-state index in [0.29, 0.717) is 28.3 Å². The number of aromatic nitrogens is 4. The van der Waals surface area contributed by atoms with Crippen molar-refractivity contribution in [2.45, 2.75) is 18.7 Å². The maximum atomic E-state index is 12.7. The lowest BCUT2D eigenvalue weighted by atomic mass is 10.2. The molecule has 0 amide bonds. The molecule has 0 atom stereocenters. The van der Waals surface area contributed by atoms with Crippen LogP contribution in [-0.2, 0) is 10.0 Å². The van der Waals surface area contributed by atoms with Crippen LogP contribution in [0, 0.1) is 13.8 Å². The minimum absolute atomic E-state index is 0.0785. The van der Waals surface area contributed by atoms with Gasteiger partial charge in [-0.25, -0.2) is 13.4 Å². The van der Waals surface area contributed by atoms with Gasteiger partial charge in [-0.1, -0.05) is 0 Å². The second-order valence-corrected chi connectivity index (χ2v) is 9.19. The van der Waals surface area contributed by atoms with Crippen LogP contribution in [0.1, 0.15) is 21.7 Å². The fraction of sp³-hybridized carbons (Fsp3) is 0.100. The van der Waals surface area contributed by atoms with Crippen LogP contribution in [0.2, 0.25) is 0 Å². The molecule has 3 heterocycles. The van der Waals surface area contributed by atoms with Crippen LogP contribution in [0.5, 0.6) is 0 Å². The van der Waals surface area contributed by atoms with Crippen molar-refractivity contribution in [2.75, 3.05) is 4.72 Å². The number of nitrogens with one attached hydrogen (secondary N) is 1. The smallest absolute Gasteiger partial charge is 0.267 e. The number of azo groups is 1. The van der Waals surface area contributed by atoms with E-state index in [1.54, 1.807) is 31.4 Å². The molecular formula is C20H17N7O3S2. The monoisotopic (exact) mass is 467 g/mol. The lowest BCUT2D eigenvalue weighted by Gasteiger charge is -2.05. The Bertz CT molecular complexity index is 1380. The number of carbonyl (C=O) groups excluding carboxylic acids is 1. The fourth-order valence-electron chi connectivity index (χ4n) is 2.84. The molecule has 0 fully saturated rings. The molecule has 1 N–H and O–H groups in total. The van der Waals surface area contributed by atoms with E-state index in [-0.39, 0.29) is 15.9 Å². The van der Waals surface area contributed by atoms with Crippen LogP contribution in [0.15, 0.2) is 75.5 Å². The third-order valence-electron chi connectivity index (χ3n) is 4.44. The van der Waals surface area contributed by atoms with Gasteiger partial charge in [-0.2, -0.15) is 14.9 Å². The van der Waals surface area contributed by atoms with E-state index in [1.165, 1.54) is 58.9 Å². The highest BCUT2D eigenvalue weighted by atomic mass is 32.2. The molecule has 0 saturated carbocycles. The zero-order valence-electron chi connectivity index (χ0n) is 17.0. The molecule has 32 heavy (non-hydrogen) atoms. The van der Waals surface area contributed by atoms with Crippen molar-refractivity contribution in [2.24, 2.45) is 10.2 Å². The molecule has 12 heteroatoms.